The monoisotopic (exact) mass is 400 g/mol. The molecule has 0 spiro atoms. The number of pyridine rings is 1. The Balaban J connectivity index is 2.15. The summed E-state index contributed by atoms with van der Waals surface area (Å²) in [4.78, 5) is 24.1. The van der Waals surface area contributed by atoms with E-state index in [1.807, 2.05) is 20.8 Å². The van der Waals surface area contributed by atoms with Crippen LogP contribution in [0, 0.1) is 5.82 Å². The van der Waals surface area contributed by atoms with Gasteiger partial charge in [0.25, 0.3) is 0 Å². The largest absolute Gasteiger partial charge is 0.478 e. The standard InChI is InChI=1S/C20H18ClFN4O2/c1-20(2,3)14-10-24-17(12-8-11(21)4-5-15(12)22)26-18(14)25-16-6-7-23-9-13(16)19(27)28/h4-10H,1-3H3,(H,27,28)(H,23,24,25,26). The van der Waals surface area contributed by atoms with Gasteiger partial charge in [0.1, 0.15) is 17.2 Å². The molecule has 0 aliphatic rings. The minimum Gasteiger partial charge on any atom is -0.478 e. The average molecular weight is 401 g/mol. The summed E-state index contributed by atoms with van der Waals surface area (Å²) in [6, 6.07) is 5.68. The Morgan fingerprint density at radius 1 is 1.21 bits per heavy atom. The molecule has 8 heteroatoms. The number of nitrogens with one attached hydrogen (secondary N) is 1. The predicted octanol–water partition coefficient (Wildman–Crippen LogP) is 5.07. The normalized spacial score (nSPS) is 11.3. The van der Waals surface area contributed by atoms with E-state index in [9.17, 15) is 14.3 Å². The molecule has 0 atom stereocenters. The van der Waals surface area contributed by atoms with Crippen LogP contribution in [0.5, 0.6) is 0 Å². The van der Waals surface area contributed by atoms with Crippen LogP contribution in [-0.2, 0) is 5.41 Å². The van der Waals surface area contributed by atoms with Gasteiger partial charge in [0.05, 0.1) is 11.3 Å². The van der Waals surface area contributed by atoms with Crippen LogP contribution in [-0.4, -0.2) is 26.0 Å². The molecule has 0 fully saturated rings. The fourth-order valence-corrected chi connectivity index (χ4v) is 2.80. The zero-order chi connectivity index (χ0) is 20.5. The van der Waals surface area contributed by atoms with Crippen LogP contribution in [0.2, 0.25) is 5.02 Å². The van der Waals surface area contributed by atoms with E-state index >= 15 is 0 Å². The lowest BCUT2D eigenvalue weighted by Gasteiger charge is -2.23. The molecule has 144 valence electrons. The first-order chi connectivity index (χ1) is 13.2. The molecule has 6 nitrogen and oxygen atoms in total. The van der Waals surface area contributed by atoms with E-state index in [1.54, 1.807) is 6.20 Å². The summed E-state index contributed by atoms with van der Waals surface area (Å²) >= 11 is 5.99. The summed E-state index contributed by atoms with van der Waals surface area (Å²) in [5.41, 5.74) is 0.876. The van der Waals surface area contributed by atoms with Crippen LogP contribution >= 0.6 is 11.6 Å². The number of hydrogen-bond donors (Lipinski definition) is 2. The molecule has 0 unspecified atom stereocenters. The highest BCUT2D eigenvalue weighted by molar-refractivity contribution is 6.30. The van der Waals surface area contributed by atoms with Gasteiger partial charge in [-0.1, -0.05) is 32.4 Å². The highest BCUT2D eigenvalue weighted by atomic mass is 35.5. The maximum absolute atomic E-state index is 14.3. The number of rotatable bonds is 4. The van der Waals surface area contributed by atoms with Gasteiger partial charge in [0.2, 0.25) is 0 Å². The van der Waals surface area contributed by atoms with Crippen molar-refractivity contribution in [2.75, 3.05) is 5.32 Å². The summed E-state index contributed by atoms with van der Waals surface area (Å²) in [6.45, 7) is 5.92. The minimum absolute atomic E-state index is 0.00328. The Labute approximate surface area is 166 Å². The molecule has 2 aromatic heterocycles. The van der Waals surface area contributed by atoms with E-state index in [0.717, 1.165) is 5.56 Å². The molecule has 0 aliphatic carbocycles. The SMILES string of the molecule is CC(C)(C)c1cnc(-c2cc(Cl)ccc2F)nc1Nc1ccncc1C(=O)O. The average Bonchev–Trinajstić information content (AvgIpc) is 2.63. The summed E-state index contributed by atoms with van der Waals surface area (Å²) in [7, 11) is 0. The van der Waals surface area contributed by atoms with Gasteiger partial charge in [0, 0.05) is 29.2 Å². The van der Waals surface area contributed by atoms with Crippen molar-refractivity contribution in [3.63, 3.8) is 0 Å². The van der Waals surface area contributed by atoms with Crippen molar-refractivity contribution in [1.82, 2.24) is 15.0 Å². The molecule has 0 amide bonds. The van der Waals surface area contributed by atoms with Crippen molar-refractivity contribution in [2.24, 2.45) is 0 Å². The number of carboxylic acid groups (broad SMARTS) is 1. The fourth-order valence-electron chi connectivity index (χ4n) is 2.63. The number of nitrogens with zero attached hydrogens (tertiary/aromatic N) is 3. The van der Waals surface area contributed by atoms with Gasteiger partial charge < -0.3 is 10.4 Å². The van der Waals surface area contributed by atoms with Gasteiger partial charge in [-0.15, -0.1) is 0 Å². The molecule has 0 saturated heterocycles. The van der Waals surface area contributed by atoms with Crippen molar-refractivity contribution in [3.05, 3.63) is 64.8 Å². The highest BCUT2D eigenvalue weighted by Gasteiger charge is 2.23. The molecule has 0 bridgehead atoms. The van der Waals surface area contributed by atoms with Crippen molar-refractivity contribution < 1.29 is 14.3 Å². The van der Waals surface area contributed by atoms with Crippen LogP contribution in [0.3, 0.4) is 0 Å². The summed E-state index contributed by atoms with van der Waals surface area (Å²) in [5.74, 6) is -1.11. The fraction of sp³-hybridized carbons (Fsp3) is 0.200. The van der Waals surface area contributed by atoms with Crippen LogP contribution < -0.4 is 5.32 Å². The number of carbonyl (C=O) groups is 1. The molecule has 3 rings (SSSR count). The number of halogens is 2. The maximum atomic E-state index is 14.3. The van der Waals surface area contributed by atoms with Crippen molar-refractivity contribution in [2.45, 2.75) is 26.2 Å². The van der Waals surface area contributed by atoms with Gasteiger partial charge in [-0.2, -0.15) is 0 Å². The number of aromatic nitrogens is 3. The molecular weight excluding hydrogens is 383 g/mol. The Kier molecular flexibility index (Phi) is 5.29. The summed E-state index contributed by atoms with van der Waals surface area (Å²) < 4.78 is 14.3. The number of aromatic carboxylic acids is 1. The van der Waals surface area contributed by atoms with E-state index in [0.29, 0.717) is 16.5 Å². The van der Waals surface area contributed by atoms with Crippen molar-refractivity contribution in [1.29, 1.82) is 0 Å². The number of carboxylic acids is 1. The Morgan fingerprint density at radius 2 is 1.96 bits per heavy atom. The third kappa shape index (κ3) is 4.09. The summed E-state index contributed by atoms with van der Waals surface area (Å²) in [5, 5.41) is 12.8. The van der Waals surface area contributed by atoms with Crippen LogP contribution in [0.25, 0.3) is 11.4 Å². The second-order valence-corrected chi connectivity index (χ2v) is 7.62. The molecule has 2 N–H and O–H groups in total. The predicted molar refractivity (Wildman–Crippen MR) is 106 cm³/mol. The van der Waals surface area contributed by atoms with Gasteiger partial charge in [-0.05, 0) is 29.7 Å². The minimum atomic E-state index is -1.12. The van der Waals surface area contributed by atoms with Gasteiger partial charge in [0.15, 0.2) is 5.82 Å². The van der Waals surface area contributed by atoms with E-state index < -0.39 is 11.8 Å². The Hall–Kier alpha value is -3.06. The maximum Gasteiger partial charge on any atom is 0.339 e. The molecule has 3 aromatic rings. The summed E-state index contributed by atoms with van der Waals surface area (Å²) in [6.07, 6.45) is 4.33. The Morgan fingerprint density at radius 3 is 2.64 bits per heavy atom. The van der Waals surface area contributed by atoms with Crippen LogP contribution in [0.15, 0.2) is 42.9 Å². The first-order valence-electron chi connectivity index (χ1n) is 8.44. The molecule has 28 heavy (non-hydrogen) atoms. The smallest absolute Gasteiger partial charge is 0.339 e. The van der Waals surface area contributed by atoms with E-state index in [2.05, 4.69) is 20.3 Å². The molecule has 0 saturated carbocycles. The molecule has 0 radical (unpaired) electrons. The van der Waals surface area contributed by atoms with E-state index in [4.69, 9.17) is 11.6 Å². The lowest BCUT2D eigenvalue weighted by molar-refractivity contribution is 0.0697. The van der Waals surface area contributed by atoms with E-state index in [-0.39, 0.29) is 22.4 Å². The zero-order valence-electron chi connectivity index (χ0n) is 15.5. The van der Waals surface area contributed by atoms with Crippen molar-refractivity contribution >= 4 is 29.1 Å². The first kappa shape index (κ1) is 19.7. The molecule has 2 heterocycles. The zero-order valence-corrected chi connectivity index (χ0v) is 16.3. The van der Waals surface area contributed by atoms with Crippen LogP contribution in [0.4, 0.5) is 15.9 Å². The lowest BCUT2D eigenvalue weighted by atomic mass is 9.88. The number of hydrogen-bond acceptors (Lipinski definition) is 5. The molecular formula is C20H18ClFN4O2. The quantitative estimate of drug-likeness (QED) is 0.635. The highest BCUT2D eigenvalue weighted by Crippen LogP contribution is 2.33. The first-order valence-corrected chi connectivity index (χ1v) is 8.82. The Bertz CT molecular complexity index is 1050. The van der Waals surface area contributed by atoms with Gasteiger partial charge in [-0.3, -0.25) is 4.98 Å². The topological polar surface area (TPSA) is 88.0 Å². The third-order valence-electron chi connectivity index (χ3n) is 4.07. The molecule has 1 aromatic carbocycles. The number of benzene rings is 1. The van der Waals surface area contributed by atoms with Gasteiger partial charge in [-0.25, -0.2) is 19.2 Å². The van der Waals surface area contributed by atoms with Crippen LogP contribution in [0.1, 0.15) is 36.7 Å². The van der Waals surface area contributed by atoms with E-state index in [1.165, 1.54) is 36.7 Å². The van der Waals surface area contributed by atoms with Gasteiger partial charge >= 0.3 is 5.97 Å². The number of anilines is 2. The molecule has 0 aliphatic heterocycles. The van der Waals surface area contributed by atoms with Crippen molar-refractivity contribution in [3.8, 4) is 11.4 Å². The second kappa shape index (κ2) is 7.52. The second-order valence-electron chi connectivity index (χ2n) is 7.18. The lowest BCUT2D eigenvalue weighted by Crippen LogP contribution is -2.17. The third-order valence-corrected chi connectivity index (χ3v) is 4.31.